The van der Waals surface area contributed by atoms with Crippen molar-refractivity contribution in [2.45, 2.75) is 37.2 Å². The topological polar surface area (TPSA) is 379 Å². The summed E-state index contributed by atoms with van der Waals surface area (Å²) in [5.74, 6) is -0.319. The summed E-state index contributed by atoms with van der Waals surface area (Å²) < 4.78 is 68.7. The van der Waals surface area contributed by atoms with E-state index in [2.05, 4.69) is 44.2 Å². The van der Waals surface area contributed by atoms with Crippen molar-refractivity contribution in [2.75, 3.05) is 82.6 Å². The lowest BCUT2D eigenvalue weighted by Gasteiger charge is -2.39. The Hall–Kier alpha value is -3.36. The number of ether oxygens (including phenoxy) is 2. The van der Waals surface area contributed by atoms with Crippen LogP contribution >= 0.6 is 23.5 Å². The Morgan fingerprint density at radius 1 is 0.981 bits per heavy atom. The van der Waals surface area contributed by atoms with Crippen LogP contribution in [-0.2, 0) is 40.8 Å². The van der Waals surface area contributed by atoms with E-state index in [1.807, 2.05) is 23.9 Å². The number of imidazole rings is 1. The fraction of sp³-hybridized carbons (Fsp3) is 0.625. The molecule has 54 heavy (non-hydrogen) atoms. The molecule has 0 bridgehead atoms. The number of aromatic nitrogens is 6. The van der Waals surface area contributed by atoms with Crippen LogP contribution in [-0.4, -0.2) is 144 Å². The van der Waals surface area contributed by atoms with Crippen molar-refractivity contribution in [3.63, 3.8) is 0 Å². The summed E-state index contributed by atoms with van der Waals surface area (Å²) in [4.78, 5) is 75.3. The minimum atomic E-state index is -5.85. The number of H-pyrrole nitrogens is 2. The largest absolute Gasteiger partial charge is 0.490 e. The van der Waals surface area contributed by atoms with Crippen LogP contribution in [0.25, 0.3) is 11.2 Å². The molecule has 0 aromatic carbocycles. The summed E-state index contributed by atoms with van der Waals surface area (Å²) in [6, 6.07) is 0. The monoisotopic (exact) mass is 830 g/mol. The second-order valence-corrected chi connectivity index (χ2v) is 16.9. The van der Waals surface area contributed by atoms with Gasteiger partial charge in [0.15, 0.2) is 17.0 Å². The van der Waals surface area contributed by atoms with E-state index in [1.165, 1.54) is 17.9 Å². The molecule has 302 valence electrons. The Morgan fingerprint density at radius 3 is 2.30 bits per heavy atom. The van der Waals surface area contributed by atoms with Crippen molar-refractivity contribution in [3.05, 3.63) is 27.0 Å². The number of phosphoric ester groups is 2. The maximum absolute atomic E-state index is 12.7. The molecule has 3 aromatic heterocycles. The Kier molecular flexibility index (Phi) is 13.0. The van der Waals surface area contributed by atoms with Crippen LogP contribution in [0, 0.1) is 0 Å². The van der Waals surface area contributed by atoms with Crippen molar-refractivity contribution in [2.24, 2.45) is 0 Å². The van der Waals surface area contributed by atoms with E-state index >= 15 is 0 Å². The van der Waals surface area contributed by atoms with E-state index < -0.39 is 78.6 Å². The molecule has 5 rings (SSSR count). The molecule has 0 amide bonds. The molecule has 0 spiro atoms. The van der Waals surface area contributed by atoms with Crippen LogP contribution < -0.4 is 33.2 Å². The highest BCUT2D eigenvalue weighted by atomic mass is 31.3. The molecule has 27 nitrogen and oxygen atoms in total. The smallest absolute Gasteiger partial charge is 0.390 e. The lowest BCUT2D eigenvalue weighted by molar-refractivity contribution is -0.0907. The first-order valence-electron chi connectivity index (χ1n) is 15.9. The van der Waals surface area contributed by atoms with Gasteiger partial charge in [-0.15, -0.1) is 0 Å². The fourth-order valence-corrected chi connectivity index (χ4v) is 8.99. The Morgan fingerprint density at radius 2 is 1.63 bits per heavy atom. The number of nitrogens with two attached hydrogens (primary N) is 2. The van der Waals surface area contributed by atoms with Crippen molar-refractivity contribution < 1.29 is 60.6 Å². The SMILES string of the molecule is CNc1c(NC2CN(CCN(C)C)C[C@@H](COP(=O)(O)OP(=O)(O)OP(=O)(O)OCC3OC(n4cnc5c(=O)[nH]c(N)nc54)C[C@@H]3O)O2)nc(N)[nH]c1=O. The summed E-state index contributed by atoms with van der Waals surface area (Å²) in [5.41, 5.74) is 10.1. The molecule has 0 radical (unpaired) electrons. The number of phosphoric acid groups is 3. The Bertz CT molecular complexity index is 2070. The number of nitrogen functional groups attached to an aromatic ring is 2. The molecule has 3 aromatic rings. The highest BCUT2D eigenvalue weighted by molar-refractivity contribution is 7.66. The molecule has 6 unspecified atom stereocenters. The van der Waals surface area contributed by atoms with Crippen molar-refractivity contribution in [1.82, 2.24) is 39.3 Å². The van der Waals surface area contributed by atoms with Crippen LogP contribution in [0.15, 0.2) is 15.9 Å². The molecule has 5 heterocycles. The summed E-state index contributed by atoms with van der Waals surface area (Å²) in [6.07, 6.45) is -4.37. The van der Waals surface area contributed by atoms with E-state index in [4.69, 9.17) is 30.0 Å². The number of anilines is 4. The molecular weight excluding hydrogens is 789 g/mol. The van der Waals surface area contributed by atoms with Gasteiger partial charge in [0, 0.05) is 39.6 Å². The predicted octanol–water partition coefficient (Wildman–Crippen LogP) is -1.87. The van der Waals surface area contributed by atoms with Crippen molar-refractivity contribution >= 4 is 58.0 Å². The number of hydrogen-bond acceptors (Lipinski definition) is 21. The number of nitrogens with one attached hydrogen (secondary N) is 4. The molecule has 2 aliphatic rings. The van der Waals surface area contributed by atoms with Crippen LogP contribution in [0.2, 0.25) is 0 Å². The van der Waals surface area contributed by atoms with Gasteiger partial charge < -0.3 is 56.3 Å². The summed E-state index contributed by atoms with van der Waals surface area (Å²) >= 11 is 0. The second kappa shape index (κ2) is 16.8. The van der Waals surface area contributed by atoms with E-state index in [9.17, 15) is 43.1 Å². The van der Waals surface area contributed by atoms with E-state index in [0.717, 1.165) is 0 Å². The van der Waals surface area contributed by atoms with Gasteiger partial charge in [0.1, 0.15) is 24.2 Å². The van der Waals surface area contributed by atoms with E-state index in [-0.39, 0.29) is 54.1 Å². The number of aromatic amines is 2. The van der Waals surface area contributed by atoms with Gasteiger partial charge in [-0.25, -0.2) is 18.7 Å². The van der Waals surface area contributed by atoms with Gasteiger partial charge in [-0.3, -0.25) is 38.1 Å². The molecule has 2 aliphatic heterocycles. The number of morpholine rings is 1. The molecule has 8 atom stereocenters. The van der Waals surface area contributed by atoms with Gasteiger partial charge in [0.05, 0.1) is 31.7 Å². The zero-order valence-corrected chi connectivity index (χ0v) is 31.6. The Balaban J connectivity index is 1.16. The first-order valence-corrected chi connectivity index (χ1v) is 20.3. The van der Waals surface area contributed by atoms with Crippen LogP contribution in [0.5, 0.6) is 0 Å². The highest BCUT2D eigenvalue weighted by Gasteiger charge is 2.44. The summed E-state index contributed by atoms with van der Waals surface area (Å²) in [7, 11) is -11.7. The number of likely N-dealkylation sites (N-methyl/N-ethyl adjacent to an activating group) is 1. The molecule has 0 saturated carbocycles. The zero-order chi connectivity index (χ0) is 39.6. The second-order valence-electron chi connectivity index (χ2n) is 12.2. The number of fused-ring (bicyclic) bond motifs is 1. The van der Waals surface area contributed by atoms with Crippen LogP contribution in [0.1, 0.15) is 12.6 Å². The van der Waals surface area contributed by atoms with Gasteiger partial charge in [0.25, 0.3) is 11.1 Å². The van der Waals surface area contributed by atoms with Gasteiger partial charge in [-0.2, -0.15) is 18.6 Å². The summed E-state index contributed by atoms with van der Waals surface area (Å²) in [5, 5.41) is 16.1. The maximum atomic E-state index is 12.7. The fourth-order valence-electron chi connectivity index (χ4n) is 5.45. The predicted molar refractivity (Wildman–Crippen MR) is 187 cm³/mol. The molecule has 2 saturated heterocycles. The van der Waals surface area contributed by atoms with E-state index in [1.54, 1.807) is 0 Å². The van der Waals surface area contributed by atoms with Gasteiger partial charge in [-0.1, -0.05) is 0 Å². The molecule has 30 heteroatoms. The number of aliphatic hydroxyl groups excluding tert-OH is 1. The third-order valence-electron chi connectivity index (χ3n) is 7.79. The zero-order valence-electron chi connectivity index (χ0n) is 28.9. The minimum Gasteiger partial charge on any atom is -0.390 e. The third kappa shape index (κ3) is 10.9. The molecular formula is C24H41N12O15P3. The first-order chi connectivity index (χ1) is 25.2. The Labute approximate surface area is 304 Å². The summed E-state index contributed by atoms with van der Waals surface area (Å²) in [6.45, 7) is -0.0443. The van der Waals surface area contributed by atoms with Gasteiger partial charge in [-0.05, 0) is 14.1 Å². The van der Waals surface area contributed by atoms with Crippen LogP contribution in [0.4, 0.5) is 23.4 Å². The van der Waals surface area contributed by atoms with Crippen molar-refractivity contribution in [1.29, 1.82) is 0 Å². The van der Waals surface area contributed by atoms with Gasteiger partial charge in [0.2, 0.25) is 11.9 Å². The molecule has 2 fully saturated rings. The standard InChI is InChI=1S/C24H41N12O15P3/c1-27-17-19(30-23(25)32-21(17)38)29-15-8-35(5-4-34(2)3)7-12(48-15)9-46-52(40,41)50-54(44,45)51-53(42,43)47-10-14-13(37)6-16(49-14)36-11-28-18-20(36)31-24(26)33-22(18)39/h11-16,27,37H,4-10H2,1-3H3,(H,40,41)(H,42,43)(H,44,45)(H3,26,31,33,39)(H4,25,29,30,32,38)/t12-,13-,14?,15?,16?/m0/s1. The number of nitrogens with zero attached hydrogens (tertiary/aromatic N) is 6. The average Bonchev–Trinajstić information content (AvgIpc) is 3.63. The third-order valence-corrected chi connectivity index (χ3v) is 12.0. The van der Waals surface area contributed by atoms with Crippen LogP contribution in [0.3, 0.4) is 0 Å². The number of hydrogen-bond donors (Lipinski definition) is 10. The number of aliphatic hydroxyl groups is 1. The van der Waals surface area contributed by atoms with Gasteiger partial charge >= 0.3 is 23.5 Å². The lowest BCUT2D eigenvalue weighted by Crippen LogP contribution is -2.53. The normalized spacial score (nSPS) is 25.7. The maximum Gasteiger partial charge on any atom is 0.490 e. The lowest BCUT2D eigenvalue weighted by atomic mass is 10.2. The highest BCUT2D eigenvalue weighted by Crippen LogP contribution is 2.67. The quantitative estimate of drug-likeness (QED) is 0.0666. The minimum absolute atomic E-state index is 0.0318. The van der Waals surface area contributed by atoms with Crippen molar-refractivity contribution in [3.8, 4) is 0 Å². The number of rotatable bonds is 17. The average molecular weight is 831 g/mol. The van der Waals surface area contributed by atoms with E-state index in [0.29, 0.717) is 13.1 Å². The molecule has 12 N–H and O–H groups in total. The first kappa shape index (κ1) is 41.8. The molecule has 0 aliphatic carbocycles.